The molecule has 62 valence electrons. The van der Waals surface area contributed by atoms with Gasteiger partial charge in [-0.3, -0.25) is 5.43 Å². The van der Waals surface area contributed by atoms with Crippen molar-refractivity contribution in [1.82, 2.24) is 10.4 Å². The third-order valence-electron chi connectivity index (χ3n) is 1.34. The fraction of sp³-hybridized carbons (Fsp3) is 0. The lowest BCUT2D eigenvalue weighted by atomic mass is 10.6. The topological polar surface area (TPSA) is 64.9 Å². The van der Waals surface area contributed by atoms with Gasteiger partial charge in [-0.1, -0.05) is 0 Å². The first-order valence-corrected chi connectivity index (χ1v) is 4.00. The molecule has 0 bridgehead atoms. The van der Waals surface area contributed by atoms with Crippen LogP contribution in [0.25, 0.3) is 0 Å². The van der Waals surface area contributed by atoms with Crippen LogP contribution in [0.4, 0.5) is 0 Å². The average Bonchev–Trinajstić information content (AvgIpc) is 2.46. The summed E-state index contributed by atoms with van der Waals surface area (Å²) in [5.41, 5.74) is 2.83. The van der Waals surface area contributed by atoms with Gasteiger partial charge in [0, 0.05) is 12.4 Å². The van der Waals surface area contributed by atoms with E-state index in [4.69, 9.17) is 5.11 Å². The molecule has 5 nitrogen and oxygen atoms in total. The maximum atomic E-state index is 10.5. The van der Waals surface area contributed by atoms with Crippen molar-refractivity contribution in [3.05, 3.63) is 23.5 Å². The van der Waals surface area contributed by atoms with Crippen LogP contribution in [0, 0.1) is 0 Å². The summed E-state index contributed by atoms with van der Waals surface area (Å²) in [5, 5.41) is 10.8. The fourth-order valence-electron chi connectivity index (χ4n) is 0.841. The molecule has 2 aliphatic rings. The predicted octanol–water partition coefficient (Wildman–Crippen LogP) is 0.307. The normalized spacial score (nSPS) is 19.5. The molecule has 0 aromatic heterocycles. The van der Waals surface area contributed by atoms with Crippen molar-refractivity contribution in [2.24, 2.45) is 4.99 Å². The van der Waals surface area contributed by atoms with Gasteiger partial charge in [0.25, 0.3) is 0 Å². The van der Waals surface area contributed by atoms with Gasteiger partial charge in [0.15, 0.2) is 5.17 Å². The summed E-state index contributed by atoms with van der Waals surface area (Å²) in [7, 11) is 0. The molecule has 0 unspecified atom stereocenters. The Hall–Kier alpha value is -1.43. The number of hydrazine groups is 1. The molecule has 0 aromatic carbocycles. The molecular weight excluding hydrogens is 178 g/mol. The Morgan fingerprint density at radius 2 is 2.58 bits per heavy atom. The highest BCUT2D eigenvalue weighted by atomic mass is 32.2. The summed E-state index contributed by atoms with van der Waals surface area (Å²) in [6.45, 7) is 0. The number of carboxylic acids is 1. The van der Waals surface area contributed by atoms with Gasteiger partial charge in [-0.25, -0.2) is 14.8 Å². The maximum absolute atomic E-state index is 10.5. The third-order valence-corrected chi connectivity index (χ3v) is 2.32. The first-order chi connectivity index (χ1) is 5.77. The zero-order chi connectivity index (χ0) is 8.55. The number of nitrogens with zero attached hydrogens (tertiary/aromatic N) is 2. The highest BCUT2D eigenvalue weighted by molar-refractivity contribution is 8.18. The Morgan fingerprint density at radius 1 is 1.75 bits per heavy atom. The van der Waals surface area contributed by atoms with E-state index in [1.165, 1.54) is 6.20 Å². The highest BCUT2D eigenvalue weighted by Crippen LogP contribution is 2.28. The summed E-state index contributed by atoms with van der Waals surface area (Å²) < 4.78 is 0. The SMILES string of the molecule is O=C(O)C1=CN2NC=CN=C2S1. The second-order valence-corrected chi connectivity index (χ2v) is 3.14. The van der Waals surface area contributed by atoms with Crippen LogP contribution < -0.4 is 5.43 Å². The number of carbonyl (C=O) groups is 1. The summed E-state index contributed by atoms with van der Waals surface area (Å²) in [6, 6.07) is 0. The average molecular weight is 183 g/mol. The highest BCUT2D eigenvalue weighted by Gasteiger charge is 2.25. The number of rotatable bonds is 1. The summed E-state index contributed by atoms with van der Waals surface area (Å²) in [5.74, 6) is -0.932. The lowest BCUT2D eigenvalue weighted by molar-refractivity contribution is -0.131. The second kappa shape index (κ2) is 2.56. The minimum absolute atomic E-state index is 0.268. The molecule has 0 spiro atoms. The molecule has 2 heterocycles. The smallest absolute Gasteiger partial charge is 0.344 e. The van der Waals surface area contributed by atoms with Gasteiger partial charge in [-0.15, -0.1) is 0 Å². The molecule has 2 rings (SSSR count). The number of thioether (sulfide) groups is 1. The third kappa shape index (κ3) is 1.06. The van der Waals surface area contributed by atoms with Crippen molar-refractivity contribution in [2.45, 2.75) is 0 Å². The predicted molar refractivity (Wildman–Crippen MR) is 44.9 cm³/mol. The number of aliphatic carboxylic acids is 1. The van der Waals surface area contributed by atoms with Gasteiger partial charge in [0.2, 0.25) is 0 Å². The second-order valence-electron chi connectivity index (χ2n) is 2.13. The van der Waals surface area contributed by atoms with Gasteiger partial charge in [-0.05, 0) is 11.8 Å². The van der Waals surface area contributed by atoms with Gasteiger partial charge < -0.3 is 5.11 Å². The Kier molecular flexibility index (Phi) is 1.54. The largest absolute Gasteiger partial charge is 0.477 e. The monoisotopic (exact) mass is 183 g/mol. The Balaban J connectivity index is 2.24. The van der Waals surface area contributed by atoms with Crippen molar-refractivity contribution in [2.75, 3.05) is 0 Å². The Labute approximate surface area is 72.4 Å². The summed E-state index contributed by atoms with van der Waals surface area (Å²) in [6.07, 6.45) is 4.71. The number of amidine groups is 1. The van der Waals surface area contributed by atoms with E-state index in [-0.39, 0.29) is 4.91 Å². The zero-order valence-electron chi connectivity index (χ0n) is 5.89. The molecule has 0 atom stereocenters. The van der Waals surface area contributed by atoms with Crippen LogP contribution in [0.3, 0.4) is 0 Å². The number of hydrogen-bond acceptors (Lipinski definition) is 5. The van der Waals surface area contributed by atoms with Crippen LogP contribution >= 0.6 is 11.8 Å². The minimum atomic E-state index is -0.932. The zero-order valence-corrected chi connectivity index (χ0v) is 6.71. The van der Waals surface area contributed by atoms with Crippen LogP contribution in [0.2, 0.25) is 0 Å². The van der Waals surface area contributed by atoms with E-state index in [9.17, 15) is 4.79 Å². The summed E-state index contributed by atoms with van der Waals surface area (Å²) >= 11 is 1.13. The Bertz CT molecular complexity index is 321. The molecule has 6 heteroatoms. The molecule has 12 heavy (non-hydrogen) atoms. The van der Waals surface area contributed by atoms with Crippen LogP contribution in [0.1, 0.15) is 0 Å². The van der Waals surface area contributed by atoms with Crippen LogP contribution in [0.5, 0.6) is 0 Å². The fourth-order valence-corrected chi connectivity index (χ4v) is 1.60. The van der Waals surface area contributed by atoms with Crippen molar-refractivity contribution < 1.29 is 9.90 Å². The van der Waals surface area contributed by atoms with E-state index in [1.807, 2.05) is 0 Å². The number of carboxylic acid groups (broad SMARTS) is 1. The standard InChI is InChI=1S/C6H5N3O2S/c10-5(11)4-3-9-6(12-4)7-1-2-8-9/h1-3,8H,(H,10,11). The summed E-state index contributed by atoms with van der Waals surface area (Å²) in [4.78, 5) is 14.8. The Morgan fingerprint density at radius 3 is 3.25 bits per heavy atom. The number of fused-ring (bicyclic) bond motifs is 1. The van der Waals surface area contributed by atoms with Crippen molar-refractivity contribution in [1.29, 1.82) is 0 Å². The van der Waals surface area contributed by atoms with Crippen LogP contribution in [-0.2, 0) is 4.79 Å². The molecular formula is C6H5N3O2S. The van der Waals surface area contributed by atoms with Gasteiger partial charge in [0.05, 0.1) is 6.20 Å². The van der Waals surface area contributed by atoms with Crippen LogP contribution in [0.15, 0.2) is 28.5 Å². The first kappa shape index (κ1) is 7.23. The number of aliphatic imine (C=N–C) groups is 1. The van der Waals surface area contributed by atoms with Crippen LogP contribution in [-0.4, -0.2) is 21.3 Å². The van der Waals surface area contributed by atoms with Crippen molar-refractivity contribution >= 4 is 22.9 Å². The van der Waals surface area contributed by atoms with Crippen molar-refractivity contribution in [3.8, 4) is 0 Å². The quantitative estimate of drug-likeness (QED) is 0.612. The number of nitrogens with one attached hydrogen (secondary N) is 1. The minimum Gasteiger partial charge on any atom is -0.477 e. The van der Waals surface area contributed by atoms with Crippen molar-refractivity contribution in [3.63, 3.8) is 0 Å². The molecule has 0 fully saturated rings. The van der Waals surface area contributed by atoms with E-state index in [0.717, 1.165) is 11.8 Å². The molecule has 0 saturated carbocycles. The maximum Gasteiger partial charge on any atom is 0.344 e. The molecule has 0 radical (unpaired) electrons. The molecule has 0 saturated heterocycles. The molecule has 2 aliphatic heterocycles. The molecule has 0 amide bonds. The van der Waals surface area contributed by atoms with E-state index < -0.39 is 5.97 Å². The lowest BCUT2D eigenvalue weighted by Crippen LogP contribution is -2.32. The molecule has 2 N–H and O–H groups in total. The van der Waals surface area contributed by atoms with Gasteiger partial charge in [0.1, 0.15) is 4.91 Å². The molecule has 0 aromatic rings. The van der Waals surface area contributed by atoms with E-state index in [2.05, 4.69) is 10.4 Å². The van der Waals surface area contributed by atoms with Gasteiger partial charge in [-0.2, -0.15) is 0 Å². The molecule has 0 aliphatic carbocycles. The number of hydrogen-bond donors (Lipinski definition) is 2. The first-order valence-electron chi connectivity index (χ1n) is 3.18. The van der Waals surface area contributed by atoms with E-state index >= 15 is 0 Å². The van der Waals surface area contributed by atoms with Gasteiger partial charge >= 0.3 is 5.97 Å². The lowest BCUT2D eigenvalue weighted by Gasteiger charge is -2.16. The van der Waals surface area contributed by atoms with E-state index in [1.54, 1.807) is 17.4 Å². The van der Waals surface area contributed by atoms with E-state index in [0.29, 0.717) is 5.17 Å².